The number of rotatable bonds is 3. The molecule has 5 rings (SSSR count). The zero-order valence-electron chi connectivity index (χ0n) is 14.3. The Morgan fingerprint density at radius 2 is 1.86 bits per heavy atom. The summed E-state index contributed by atoms with van der Waals surface area (Å²) in [7, 11) is 0. The first kappa shape index (κ1) is 17.4. The van der Waals surface area contributed by atoms with E-state index in [0.717, 1.165) is 21.3 Å². The molecule has 0 unspecified atom stereocenters. The van der Waals surface area contributed by atoms with Crippen LogP contribution in [0.15, 0.2) is 48.2 Å². The van der Waals surface area contributed by atoms with E-state index in [1.807, 2.05) is 34.3 Å². The molecule has 0 radical (unpaired) electrons. The Hall–Kier alpha value is -2.74. The Kier molecular flexibility index (Phi) is 4.16. The molecule has 0 bridgehead atoms. The van der Waals surface area contributed by atoms with Crippen LogP contribution in [0.5, 0.6) is 0 Å². The van der Waals surface area contributed by atoms with E-state index < -0.39 is 0 Å². The van der Waals surface area contributed by atoms with Crippen LogP contribution in [0.2, 0.25) is 10.0 Å². The van der Waals surface area contributed by atoms with Crippen molar-refractivity contribution in [2.45, 2.75) is 6.54 Å². The molecule has 3 aromatic rings. The molecular weight excluding hydrogens is 415 g/mol. The molecule has 0 saturated carbocycles. The van der Waals surface area contributed by atoms with Gasteiger partial charge in [-0.25, -0.2) is 19.9 Å². The summed E-state index contributed by atoms with van der Waals surface area (Å²) in [5.74, 6) is 1.52. The van der Waals surface area contributed by atoms with Crippen LogP contribution >= 0.6 is 34.5 Å². The Balaban J connectivity index is 1.63. The first-order valence-electron chi connectivity index (χ1n) is 8.35. The normalized spacial score (nSPS) is 11.5. The molecule has 0 aliphatic carbocycles. The maximum atomic E-state index is 6.32. The number of benzene rings is 2. The van der Waals surface area contributed by atoms with Crippen LogP contribution in [0.3, 0.4) is 0 Å². The van der Waals surface area contributed by atoms with Gasteiger partial charge in [0.25, 0.3) is 0 Å². The maximum absolute atomic E-state index is 6.32. The number of nitrogen functional groups attached to an aromatic ring is 1. The SMILES string of the molecule is Nc1ncn(Cc2c(Cl)cccc2Cl)c2nc(-c3ccc4scnc4c3)nc1-2. The van der Waals surface area contributed by atoms with Crippen LogP contribution in [-0.2, 0) is 6.54 Å². The van der Waals surface area contributed by atoms with Crippen LogP contribution in [0, 0.1) is 0 Å². The van der Waals surface area contributed by atoms with E-state index >= 15 is 0 Å². The number of hydrogen-bond acceptors (Lipinski definition) is 6. The van der Waals surface area contributed by atoms with Crippen molar-refractivity contribution in [1.29, 1.82) is 0 Å². The minimum absolute atomic E-state index is 0.324. The molecule has 28 heavy (non-hydrogen) atoms. The summed E-state index contributed by atoms with van der Waals surface area (Å²) in [5, 5.41) is 1.16. The van der Waals surface area contributed by atoms with E-state index in [4.69, 9.17) is 33.9 Å². The molecule has 0 spiro atoms. The molecule has 2 aliphatic heterocycles. The van der Waals surface area contributed by atoms with Crippen molar-refractivity contribution in [3.8, 4) is 22.9 Å². The molecule has 9 heteroatoms. The topological polar surface area (TPSA) is 82.5 Å². The quantitative estimate of drug-likeness (QED) is 0.439. The van der Waals surface area contributed by atoms with Gasteiger partial charge >= 0.3 is 0 Å². The number of halogens is 2. The van der Waals surface area contributed by atoms with Gasteiger partial charge in [-0.05, 0) is 30.3 Å². The standard InChI is InChI=1S/C19H12Cl2N6S/c20-12-2-1-3-13(21)11(12)7-27-8-23-17(22)16-19(27)26-18(25-16)10-4-5-15-14(6-10)24-9-28-15/h1-6,8-9H,7,22H2. The van der Waals surface area contributed by atoms with Crippen LogP contribution in [-0.4, -0.2) is 24.5 Å². The molecule has 2 N–H and O–H groups in total. The van der Waals surface area contributed by atoms with Gasteiger partial charge in [0, 0.05) is 21.2 Å². The molecule has 2 aromatic carbocycles. The first-order chi connectivity index (χ1) is 13.6. The van der Waals surface area contributed by atoms with Crippen molar-refractivity contribution in [3.05, 3.63) is 63.8 Å². The Morgan fingerprint density at radius 1 is 1.04 bits per heavy atom. The second-order valence-corrected chi connectivity index (χ2v) is 7.91. The lowest BCUT2D eigenvalue weighted by Gasteiger charge is -2.13. The van der Waals surface area contributed by atoms with Gasteiger partial charge in [-0.3, -0.25) is 0 Å². The van der Waals surface area contributed by atoms with E-state index in [1.54, 1.807) is 29.8 Å². The lowest BCUT2D eigenvalue weighted by molar-refractivity contribution is 0.763. The van der Waals surface area contributed by atoms with Gasteiger partial charge in [0.2, 0.25) is 0 Å². The third-order valence-electron chi connectivity index (χ3n) is 4.47. The summed E-state index contributed by atoms with van der Waals surface area (Å²) in [5.41, 5.74) is 11.0. The minimum atomic E-state index is 0.324. The molecule has 1 aromatic heterocycles. The van der Waals surface area contributed by atoms with E-state index in [0.29, 0.717) is 39.8 Å². The van der Waals surface area contributed by atoms with Crippen molar-refractivity contribution in [2.24, 2.45) is 0 Å². The largest absolute Gasteiger partial charge is 0.382 e. The lowest BCUT2D eigenvalue weighted by Crippen LogP contribution is -2.09. The number of anilines is 1. The van der Waals surface area contributed by atoms with Gasteiger partial charge in [0.15, 0.2) is 23.2 Å². The predicted octanol–water partition coefficient (Wildman–Crippen LogP) is 4.99. The predicted molar refractivity (Wildman–Crippen MR) is 113 cm³/mol. The van der Waals surface area contributed by atoms with Crippen molar-refractivity contribution >= 4 is 50.6 Å². The third kappa shape index (κ3) is 2.88. The second-order valence-electron chi connectivity index (χ2n) is 6.21. The zero-order chi connectivity index (χ0) is 19.3. The zero-order valence-corrected chi connectivity index (χ0v) is 16.6. The highest BCUT2D eigenvalue weighted by atomic mass is 35.5. The third-order valence-corrected chi connectivity index (χ3v) is 5.99. The lowest BCUT2D eigenvalue weighted by atomic mass is 10.2. The summed E-state index contributed by atoms with van der Waals surface area (Å²) < 4.78 is 2.96. The maximum Gasteiger partial charge on any atom is 0.166 e. The molecule has 0 atom stereocenters. The number of nitrogens with zero attached hydrogens (tertiary/aromatic N) is 5. The first-order valence-corrected chi connectivity index (χ1v) is 9.98. The number of nitrogens with two attached hydrogens (primary N) is 1. The van der Waals surface area contributed by atoms with Gasteiger partial charge in [-0.1, -0.05) is 29.3 Å². The molecule has 0 amide bonds. The minimum Gasteiger partial charge on any atom is -0.382 e. The van der Waals surface area contributed by atoms with Crippen molar-refractivity contribution in [2.75, 3.05) is 5.73 Å². The van der Waals surface area contributed by atoms with Crippen LogP contribution in [0.1, 0.15) is 5.56 Å². The summed E-state index contributed by atoms with van der Waals surface area (Å²) in [4.78, 5) is 17.9. The van der Waals surface area contributed by atoms with E-state index in [1.165, 1.54) is 0 Å². The summed E-state index contributed by atoms with van der Waals surface area (Å²) in [6.07, 6.45) is 1.62. The van der Waals surface area contributed by atoms with E-state index in [9.17, 15) is 0 Å². The van der Waals surface area contributed by atoms with Gasteiger partial charge in [0.05, 0.1) is 28.6 Å². The number of fused-ring (bicyclic) bond motifs is 2. The molecule has 6 nitrogen and oxygen atoms in total. The molecule has 2 aliphatic rings. The average Bonchev–Trinajstić information content (AvgIpc) is 3.33. The van der Waals surface area contributed by atoms with Gasteiger partial charge < -0.3 is 10.3 Å². The Morgan fingerprint density at radius 3 is 2.68 bits per heavy atom. The number of aromatic nitrogens is 5. The van der Waals surface area contributed by atoms with Crippen molar-refractivity contribution in [3.63, 3.8) is 0 Å². The van der Waals surface area contributed by atoms with Gasteiger partial charge in [-0.2, -0.15) is 0 Å². The summed E-state index contributed by atoms with van der Waals surface area (Å²) in [6.45, 7) is 0.408. The molecule has 0 fully saturated rings. The smallest absolute Gasteiger partial charge is 0.166 e. The van der Waals surface area contributed by atoms with Crippen molar-refractivity contribution in [1.82, 2.24) is 24.5 Å². The Bertz CT molecular complexity index is 1270. The van der Waals surface area contributed by atoms with Gasteiger partial charge in [-0.15, -0.1) is 11.3 Å². The highest BCUT2D eigenvalue weighted by molar-refractivity contribution is 7.16. The molecule has 0 saturated heterocycles. The van der Waals surface area contributed by atoms with Crippen LogP contribution in [0.4, 0.5) is 5.82 Å². The van der Waals surface area contributed by atoms with E-state index in [-0.39, 0.29) is 0 Å². The summed E-state index contributed by atoms with van der Waals surface area (Å²) in [6, 6.07) is 11.4. The number of hydrogen-bond donors (Lipinski definition) is 1. The molecular formula is C19H12Cl2N6S. The molecule has 138 valence electrons. The van der Waals surface area contributed by atoms with E-state index in [2.05, 4.69) is 15.0 Å². The van der Waals surface area contributed by atoms with Crippen molar-refractivity contribution < 1.29 is 0 Å². The average molecular weight is 427 g/mol. The fourth-order valence-corrected chi connectivity index (χ4v) is 4.23. The highest BCUT2D eigenvalue weighted by Crippen LogP contribution is 2.32. The Labute approximate surface area is 174 Å². The van der Waals surface area contributed by atoms with Crippen LogP contribution < -0.4 is 5.73 Å². The number of thiazole rings is 1. The number of imidazole rings is 1. The molecule has 3 heterocycles. The van der Waals surface area contributed by atoms with Gasteiger partial charge in [0.1, 0.15) is 0 Å². The monoisotopic (exact) mass is 426 g/mol. The fourth-order valence-electron chi connectivity index (χ4n) is 3.05. The van der Waals surface area contributed by atoms with Crippen LogP contribution in [0.25, 0.3) is 33.1 Å². The second kappa shape index (κ2) is 6.70. The highest BCUT2D eigenvalue weighted by Gasteiger charge is 2.21. The summed E-state index contributed by atoms with van der Waals surface area (Å²) >= 11 is 14.2. The fraction of sp³-hybridized carbons (Fsp3) is 0.0526.